The van der Waals surface area contributed by atoms with Crippen LogP contribution in [0.1, 0.15) is 34.3 Å². The lowest BCUT2D eigenvalue weighted by Crippen LogP contribution is -2.03. The minimum Gasteiger partial charge on any atom is -0.289 e. The summed E-state index contributed by atoms with van der Waals surface area (Å²) in [4.78, 5) is 12.6. The van der Waals surface area contributed by atoms with Gasteiger partial charge in [-0.2, -0.15) is 0 Å². The lowest BCUT2D eigenvalue weighted by Gasteiger charge is -2.05. The Morgan fingerprint density at radius 3 is 2.55 bits per heavy atom. The van der Waals surface area contributed by atoms with Gasteiger partial charge in [-0.05, 0) is 42.5 Å². The van der Waals surface area contributed by atoms with Crippen LogP contribution < -0.4 is 0 Å². The van der Waals surface area contributed by atoms with Gasteiger partial charge in [-0.15, -0.1) is 0 Å². The van der Waals surface area contributed by atoms with E-state index in [1.54, 1.807) is 0 Å². The van der Waals surface area contributed by atoms with Crippen molar-refractivity contribution < 1.29 is 4.79 Å². The van der Waals surface area contributed by atoms with E-state index in [-0.39, 0.29) is 5.78 Å². The molecule has 0 radical (unpaired) electrons. The second-order valence-corrected chi connectivity index (χ2v) is 5.44. The Morgan fingerprint density at radius 1 is 0.950 bits per heavy atom. The zero-order chi connectivity index (χ0) is 13.9. The van der Waals surface area contributed by atoms with Crippen LogP contribution in [-0.4, -0.2) is 5.78 Å². The standard InChI is InChI=1S/C18H15ClO/c19-17-11-4-2-7-14(17)12-15-9-5-8-13-6-1-3-10-16(13)18(15)20/h1-4,6-7,10-12H,5,8-9H2/b15-12-. The fourth-order valence-electron chi connectivity index (χ4n) is 2.63. The maximum atomic E-state index is 12.6. The van der Waals surface area contributed by atoms with Crippen molar-refractivity contribution in [2.75, 3.05) is 0 Å². The first-order valence-corrected chi connectivity index (χ1v) is 7.21. The van der Waals surface area contributed by atoms with Crippen molar-refractivity contribution in [1.29, 1.82) is 0 Å². The van der Waals surface area contributed by atoms with Gasteiger partial charge < -0.3 is 0 Å². The first kappa shape index (κ1) is 13.1. The molecule has 0 atom stereocenters. The zero-order valence-electron chi connectivity index (χ0n) is 11.1. The van der Waals surface area contributed by atoms with Crippen LogP contribution in [0.4, 0.5) is 0 Å². The Hall–Kier alpha value is -1.86. The first-order valence-electron chi connectivity index (χ1n) is 6.83. The zero-order valence-corrected chi connectivity index (χ0v) is 11.9. The van der Waals surface area contributed by atoms with Crippen molar-refractivity contribution in [1.82, 2.24) is 0 Å². The average molecular weight is 283 g/mol. The minimum atomic E-state index is 0.137. The van der Waals surface area contributed by atoms with Crippen molar-refractivity contribution in [2.24, 2.45) is 0 Å². The third kappa shape index (κ3) is 2.54. The molecule has 1 nitrogen and oxygen atoms in total. The van der Waals surface area contributed by atoms with Gasteiger partial charge in [0.1, 0.15) is 0 Å². The number of allylic oxidation sites excluding steroid dienone is 1. The number of rotatable bonds is 1. The lowest BCUT2D eigenvalue weighted by atomic mass is 9.98. The molecule has 20 heavy (non-hydrogen) atoms. The fraction of sp³-hybridized carbons (Fsp3) is 0.167. The normalized spacial score (nSPS) is 16.9. The monoisotopic (exact) mass is 282 g/mol. The van der Waals surface area contributed by atoms with Crippen LogP contribution in [0.15, 0.2) is 54.1 Å². The highest BCUT2D eigenvalue weighted by Crippen LogP contribution is 2.27. The quantitative estimate of drug-likeness (QED) is 0.535. The van der Waals surface area contributed by atoms with Gasteiger partial charge in [-0.25, -0.2) is 0 Å². The number of carbonyl (C=O) groups is 1. The summed E-state index contributed by atoms with van der Waals surface area (Å²) < 4.78 is 0. The SMILES string of the molecule is O=C1/C(=C\c2ccccc2Cl)CCCc2ccccc21. The maximum Gasteiger partial charge on any atom is 0.189 e. The van der Waals surface area contributed by atoms with Gasteiger partial charge >= 0.3 is 0 Å². The summed E-state index contributed by atoms with van der Waals surface area (Å²) in [6, 6.07) is 15.5. The Labute approximate surface area is 123 Å². The van der Waals surface area contributed by atoms with E-state index in [0.29, 0.717) is 5.02 Å². The van der Waals surface area contributed by atoms with Gasteiger partial charge in [0.05, 0.1) is 0 Å². The predicted octanol–water partition coefficient (Wildman–Crippen LogP) is 4.94. The highest BCUT2D eigenvalue weighted by molar-refractivity contribution is 6.32. The minimum absolute atomic E-state index is 0.137. The Balaban J connectivity index is 2.03. The summed E-state index contributed by atoms with van der Waals surface area (Å²) in [7, 11) is 0. The second kappa shape index (κ2) is 5.64. The number of Topliss-reactive ketones (excluding diaryl/α,β-unsaturated/α-hetero) is 1. The van der Waals surface area contributed by atoms with Crippen LogP contribution in [0, 0.1) is 0 Å². The van der Waals surface area contributed by atoms with Gasteiger partial charge in [0.15, 0.2) is 5.78 Å². The van der Waals surface area contributed by atoms with Gasteiger partial charge in [-0.3, -0.25) is 4.79 Å². The molecule has 2 heteroatoms. The van der Waals surface area contributed by atoms with E-state index in [1.807, 2.05) is 54.6 Å². The van der Waals surface area contributed by atoms with Crippen LogP contribution in [0.25, 0.3) is 6.08 Å². The van der Waals surface area contributed by atoms with Crippen LogP contribution >= 0.6 is 11.6 Å². The molecule has 0 fully saturated rings. The number of aryl methyl sites for hydroxylation is 1. The van der Waals surface area contributed by atoms with E-state index in [1.165, 1.54) is 0 Å². The molecule has 0 saturated carbocycles. The molecular formula is C18H15ClO. The van der Waals surface area contributed by atoms with Crippen molar-refractivity contribution in [3.05, 3.63) is 75.8 Å². The van der Waals surface area contributed by atoms with E-state index in [0.717, 1.165) is 41.5 Å². The van der Waals surface area contributed by atoms with Gasteiger partial charge in [0.2, 0.25) is 0 Å². The van der Waals surface area contributed by atoms with E-state index < -0.39 is 0 Å². The number of ketones is 1. The molecule has 3 rings (SSSR count). The van der Waals surface area contributed by atoms with E-state index >= 15 is 0 Å². The van der Waals surface area contributed by atoms with Crippen molar-refractivity contribution in [3.8, 4) is 0 Å². The molecule has 0 unspecified atom stereocenters. The summed E-state index contributed by atoms with van der Waals surface area (Å²) in [5.74, 6) is 0.137. The third-order valence-electron chi connectivity index (χ3n) is 3.68. The van der Waals surface area contributed by atoms with Crippen LogP contribution in [0.5, 0.6) is 0 Å². The molecule has 0 heterocycles. The summed E-state index contributed by atoms with van der Waals surface area (Å²) >= 11 is 6.18. The summed E-state index contributed by atoms with van der Waals surface area (Å²) in [6.07, 6.45) is 4.70. The molecule has 2 aromatic rings. The Bertz CT molecular complexity index is 685. The number of fused-ring (bicyclic) bond motifs is 1. The topological polar surface area (TPSA) is 17.1 Å². The largest absolute Gasteiger partial charge is 0.289 e. The molecule has 1 aliphatic carbocycles. The Morgan fingerprint density at radius 2 is 1.70 bits per heavy atom. The number of hydrogen-bond donors (Lipinski definition) is 0. The molecule has 0 spiro atoms. The van der Waals surface area contributed by atoms with Gasteiger partial charge in [-0.1, -0.05) is 54.1 Å². The first-order chi connectivity index (χ1) is 9.75. The molecule has 0 aliphatic heterocycles. The van der Waals surface area contributed by atoms with Crippen LogP contribution in [0.2, 0.25) is 5.02 Å². The van der Waals surface area contributed by atoms with E-state index in [4.69, 9.17) is 11.6 Å². The smallest absolute Gasteiger partial charge is 0.189 e. The molecule has 0 amide bonds. The molecule has 0 saturated heterocycles. The summed E-state index contributed by atoms with van der Waals surface area (Å²) in [6.45, 7) is 0. The number of carbonyl (C=O) groups excluding carboxylic acids is 1. The number of halogens is 1. The van der Waals surface area contributed by atoms with Crippen molar-refractivity contribution in [2.45, 2.75) is 19.3 Å². The van der Waals surface area contributed by atoms with Gasteiger partial charge in [0.25, 0.3) is 0 Å². The molecule has 1 aliphatic rings. The summed E-state index contributed by atoms with van der Waals surface area (Å²) in [5.41, 5.74) is 3.75. The van der Waals surface area contributed by atoms with Crippen molar-refractivity contribution in [3.63, 3.8) is 0 Å². The van der Waals surface area contributed by atoms with Crippen molar-refractivity contribution >= 4 is 23.5 Å². The third-order valence-corrected chi connectivity index (χ3v) is 4.03. The predicted molar refractivity (Wildman–Crippen MR) is 83.1 cm³/mol. The molecular weight excluding hydrogens is 268 g/mol. The molecule has 0 aromatic heterocycles. The summed E-state index contributed by atoms with van der Waals surface area (Å²) in [5, 5.41) is 0.685. The van der Waals surface area contributed by atoms with Crippen LogP contribution in [-0.2, 0) is 6.42 Å². The average Bonchev–Trinajstić information content (AvgIpc) is 2.62. The molecule has 0 bridgehead atoms. The molecule has 100 valence electrons. The molecule has 0 N–H and O–H groups in total. The Kier molecular flexibility index (Phi) is 3.70. The number of hydrogen-bond acceptors (Lipinski definition) is 1. The fourth-order valence-corrected chi connectivity index (χ4v) is 2.82. The van der Waals surface area contributed by atoms with E-state index in [9.17, 15) is 4.79 Å². The van der Waals surface area contributed by atoms with E-state index in [2.05, 4.69) is 0 Å². The lowest BCUT2D eigenvalue weighted by molar-refractivity contribution is 0.103. The van der Waals surface area contributed by atoms with Gasteiger partial charge in [0, 0.05) is 16.2 Å². The molecule has 2 aromatic carbocycles. The van der Waals surface area contributed by atoms with Crippen LogP contribution in [0.3, 0.4) is 0 Å². The second-order valence-electron chi connectivity index (χ2n) is 5.03. The maximum absolute atomic E-state index is 12.6. The number of benzene rings is 2. The highest BCUT2D eigenvalue weighted by Gasteiger charge is 2.19. The highest BCUT2D eigenvalue weighted by atomic mass is 35.5.